The molecule has 0 saturated carbocycles. The van der Waals surface area contributed by atoms with Gasteiger partial charge in [0.15, 0.2) is 0 Å². The third-order valence-electron chi connectivity index (χ3n) is 4.16. The Kier molecular flexibility index (Phi) is 6.76. The van der Waals surface area contributed by atoms with Crippen molar-refractivity contribution in [3.05, 3.63) is 100 Å². The van der Waals surface area contributed by atoms with Gasteiger partial charge in [-0.15, -0.1) is 0 Å². The third kappa shape index (κ3) is 5.66. The number of benzene rings is 2. The van der Waals surface area contributed by atoms with E-state index >= 15 is 0 Å². The highest BCUT2D eigenvalue weighted by Gasteiger charge is 2.11. The van der Waals surface area contributed by atoms with Gasteiger partial charge in [-0.25, -0.2) is 0 Å². The standard InChI is InChI=1S/C22H20ClN3O2/c23-19-8-6-16(7-9-19)10-12-25-22(28)20-14-18(11-13-24-20)21(27)26-15-17-4-2-1-3-5-17/h1-9,11,13-14H,10,12,15H2,(H,25,28)(H,26,27). The van der Waals surface area contributed by atoms with Crippen molar-refractivity contribution in [3.63, 3.8) is 0 Å². The lowest BCUT2D eigenvalue weighted by Gasteiger charge is -2.08. The Morgan fingerprint density at radius 1 is 0.857 bits per heavy atom. The second-order valence-electron chi connectivity index (χ2n) is 6.23. The number of halogens is 1. The van der Waals surface area contributed by atoms with Gasteiger partial charge in [-0.2, -0.15) is 0 Å². The Morgan fingerprint density at radius 2 is 1.61 bits per heavy atom. The molecule has 0 spiro atoms. The van der Waals surface area contributed by atoms with Gasteiger partial charge in [-0.3, -0.25) is 14.6 Å². The molecule has 3 aromatic rings. The van der Waals surface area contributed by atoms with Crippen LogP contribution in [0.15, 0.2) is 72.9 Å². The molecule has 1 aromatic heterocycles. The van der Waals surface area contributed by atoms with Crippen molar-refractivity contribution in [1.29, 1.82) is 0 Å². The number of carbonyl (C=O) groups is 2. The molecule has 0 aliphatic heterocycles. The zero-order valence-electron chi connectivity index (χ0n) is 15.2. The zero-order chi connectivity index (χ0) is 19.8. The van der Waals surface area contributed by atoms with Crippen LogP contribution in [0.1, 0.15) is 32.0 Å². The molecule has 0 atom stereocenters. The Hall–Kier alpha value is -3.18. The molecule has 0 radical (unpaired) electrons. The number of hydrogen-bond acceptors (Lipinski definition) is 3. The normalized spacial score (nSPS) is 10.3. The van der Waals surface area contributed by atoms with Crippen molar-refractivity contribution in [2.24, 2.45) is 0 Å². The summed E-state index contributed by atoms with van der Waals surface area (Å²) in [5.74, 6) is -0.562. The number of hydrogen-bond donors (Lipinski definition) is 2. The summed E-state index contributed by atoms with van der Waals surface area (Å²) in [7, 11) is 0. The van der Waals surface area contributed by atoms with Crippen LogP contribution < -0.4 is 10.6 Å². The van der Waals surface area contributed by atoms with Crippen molar-refractivity contribution in [1.82, 2.24) is 15.6 Å². The van der Waals surface area contributed by atoms with E-state index in [1.54, 1.807) is 6.07 Å². The van der Waals surface area contributed by atoms with Crippen LogP contribution in [0, 0.1) is 0 Å². The fourth-order valence-corrected chi connectivity index (χ4v) is 2.76. The number of nitrogens with zero attached hydrogens (tertiary/aromatic N) is 1. The first-order valence-electron chi connectivity index (χ1n) is 8.92. The Bertz CT molecular complexity index is 944. The van der Waals surface area contributed by atoms with E-state index in [1.165, 1.54) is 12.3 Å². The van der Waals surface area contributed by atoms with E-state index in [-0.39, 0.29) is 17.5 Å². The Morgan fingerprint density at radius 3 is 2.36 bits per heavy atom. The number of carbonyl (C=O) groups excluding carboxylic acids is 2. The molecule has 5 nitrogen and oxygen atoms in total. The highest BCUT2D eigenvalue weighted by atomic mass is 35.5. The Labute approximate surface area is 168 Å². The van der Waals surface area contributed by atoms with Crippen LogP contribution in [-0.2, 0) is 13.0 Å². The average molecular weight is 394 g/mol. The summed E-state index contributed by atoms with van der Waals surface area (Å²) in [6.45, 7) is 0.886. The van der Waals surface area contributed by atoms with Crippen LogP contribution in [-0.4, -0.2) is 23.3 Å². The Balaban J connectivity index is 1.53. The smallest absolute Gasteiger partial charge is 0.269 e. The van der Waals surface area contributed by atoms with Crippen molar-refractivity contribution >= 4 is 23.4 Å². The summed E-state index contributed by atoms with van der Waals surface area (Å²) in [5, 5.41) is 6.34. The molecule has 28 heavy (non-hydrogen) atoms. The van der Waals surface area contributed by atoms with E-state index in [4.69, 9.17) is 11.6 Å². The lowest BCUT2D eigenvalue weighted by molar-refractivity contribution is 0.0949. The molecular formula is C22H20ClN3O2. The molecule has 0 aliphatic carbocycles. The second-order valence-corrected chi connectivity index (χ2v) is 6.67. The molecule has 0 fully saturated rings. The zero-order valence-corrected chi connectivity index (χ0v) is 15.9. The summed E-state index contributed by atoms with van der Waals surface area (Å²) in [4.78, 5) is 28.7. The van der Waals surface area contributed by atoms with E-state index in [1.807, 2.05) is 54.6 Å². The summed E-state index contributed by atoms with van der Waals surface area (Å²) >= 11 is 5.86. The van der Waals surface area contributed by atoms with E-state index in [0.717, 1.165) is 11.1 Å². The number of nitrogens with one attached hydrogen (secondary N) is 2. The molecule has 2 N–H and O–H groups in total. The molecule has 0 saturated heterocycles. The van der Waals surface area contributed by atoms with Crippen molar-refractivity contribution < 1.29 is 9.59 Å². The predicted molar refractivity (Wildman–Crippen MR) is 109 cm³/mol. The molecule has 3 rings (SSSR count). The first kappa shape index (κ1) is 19.6. The van der Waals surface area contributed by atoms with Gasteiger partial charge < -0.3 is 10.6 Å². The highest BCUT2D eigenvalue weighted by Crippen LogP contribution is 2.09. The third-order valence-corrected chi connectivity index (χ3v) is 4.42. The molecule has 0 bridgehead atoms. The van der Waals surface area contributed by atoms with Gasteiger partial charge in [-0.05, 0) is 41.8 Å². The number of pyridine rings is 1. The second kappa shape index (κ2) is 9.67. The van der Waals surface area contributed by atoms with Crippen LogP contribution in [0.3, 0.4) is 0 Å². The number of aromatic nitrogens is 1. The van der Waals surface area contributed by atoms with Gasteiger partial charge in [-0.1, -0.05) is 54.1 Å². The quantitative estimate of drug-likeness (QED) is 0.643. The first-order valence-corrected chi connectivity index (χ1v) is 9.30. The first-order chi connectivity index (χ1) is 13.6. The lowest BCUT2D eigenvalue weighted by atomic mass is 10.1. The maximum Gasteiger partial charge on any atom is 0.269 e. The summed E-state index contributed by atoms with van der Waals surface area (Å²) < 4.78 is 0. The van der Waals surface area contributed by atoms with Crippen molar-refractivity contribution in [2.45, 2.75) is 13.0 Å². The predicted octanol–water partition coefficient (Wildman–Crippen LogP) is 3.64. The van der Waals surface area contributed by atoms with Crippen molar-refractivity contribution in [2.75, 3.05) is 6.54 Å². The minimum absolute atomic E-state index is 0.212. The van der Waals surface area contributed by atoms with Gasteiger partial charge >= 0.3 is 0 Å². The maximum atomic E-state index is 12.3. The maximum absolute atomic E-state index is 12.3. The van der Waals surface area contributed by atoms with E-state index in [0.29, 0.717) is 30.1 Å². The van der Waals surface area contributed by atoms with Crippen LogP contribution in [0.2, 0.25) is 5.02 Å². The van der Waals surface area contributed by atoms with Gasteiger partial charge in [0.05, 0.1) is 0 Å². The minimum atomic E-state index is -0.313. The largest absolute Gasteiger partial charge is 0.350 e. The molecule has 6 heteroatoms. The fourth-order valence-electron chi connectivity index (χ4n) is 2.64. The number of rotatable bonds is 7. The van der Waals surface area contributed by atoms with Crippen LogP contribution in [0.5, 0.6) is 0 Å². The van der Waals surface area contributed by atoms with E-state index in [9.17, 15) is 9.59 Å². The topological polar surface area (TPSA) is 71.1 Å². The SMILES string of the molecule is O=C(NCc1ccccc1)c1ccnc(C(=O)NCCc2ccc(Cl)cc2)c1. The van der Waals surface area contributed by atoms with E-state index < -0.39 is 0 Å². The summed E-state index contributed by atoms with van der Waals surface area (Å²) in [6, 6.07) is 20.2. The average Bonchev–Trinajstić information content (AvgIpc) is 2.74. The van der Waals surface area contributed by atoms with Crippen molar-refractivity contribution in [3.8, 4) is 0 Å². The number of amides is 2. The molecule has 1 heterocycles. The molecule has 0 aliphatic rings. The minimum Gasteiger partial charge on any atom is -0.350 e. The van der Waals surface area contributed by atoms with Gasteiger partial charge in [0, 0.05) is 29.9 Å². The molecule has 142 valence electrons. The van der Waals surface area contributed by atoms with Crippen LogP contribution in [0.4, 0.5) is 0 Å². The van der Waals surface area contributed by atoms with Crippen LogP contribution in [0.25, 0.3) is 0 Å². The summed E-state index contributed by atoms with van der Waals surface area (Å²) in [6.07, 6.45) is 2.14. The monoisotopic (exact) mass is 393 g/mol. The van der Waals surface area contributed by atoms with Gasteiger partial charge in [0.25, 0.3) is 11.8 Å². The molecular weight excluding hydrogens is 374 g/mol. The van der Waals surface area contributed by atoms with E-state index in [2.05, 4.69) is 15.6 Å². The molecule has 2 amide bonds. The van der Waals surface area contributed by atoms with Gasteiger partial charge in [0.2, 0.25) is 0 Å². The molecule has 0 unspecified atom stereocenters. The molecule has 2 aromatic carbocycles. The summed E-state index contributed by atoms with van der Waals surface area (Å²) in [5.41, 5.74) is 2.69. The van der Waals surface area contributed by atoms with Crippen LogP contribution >= 0.6 is 11.6 Å². The fraction of sp³-hybridized carbons (Fsp3) is 0.136. The highest BCUT2D eigenvalue weighted by molar-refractivity contribution is 6.30. The lowest BCUT2D eigenvalue weighted by Crippen LogP contribution is -2.27. The van der Waals surface area contributed by atoms with Gasteiger partial charge in [0.1, 0.15) is 5.69 Å².